The molecule has 0 rings (SSSR count). The highest BCUT2D eigenvalue weighted by Gasteiger charge is 2.25. The van der Waals surface area contributed by atoms with Crippen LogP contribution in [0.1, 0.15) is 27.7 Å². The highest BCUT2D eigenvalue weighted by atomic mass is 35.5. The Morgan fingerprint density at radius 1 is 1.42 bits per heavy atom. The molecule has 0 aromatic heterocycles. The van der Waals surface area contributed by atoms with Crippen LogP contribution in [0.25, 0.3) is 0 Å². The quantitative estimate of drug-likeness (QED) is 0.627. The zero-order valence-electron chi connectivity index (χ0n) is 7.60. The first-order valence-electron chi connectivity index (χ1n) is 3.57. The fourth-order valence-electron chi connectivity index (χ4n) is 0.368. The molecule has 1 unspecified atom stereocenters. The highest BCUT2D eigenvalue weighted by Crippen LogP contribution is 2.22. The summed E-state index contributed by atoms with van der Waals surface area (Å²) < 4.78 is 5.28. The van der Waals surface area contributed by atoms with Gasteiger partial charge in [0.1, 0.15) is 6.10 Å². The number of carbonyl (C=O) groups is 1. The summed E-state index contributed by atoms with van der Waals surface area (Å²) in [5, 5.41) is 0. The van der Waals surface area contributed by atoms with Gasteiger partial charge >= 0.3 is 6.09 Å². The fourth-order valence-corrected chi connectivity index (χ4v) is 0.448. The summed E-state index contributed by atoms with van der Waals surface area (Å²) in [6.45, 7) is 7.66. The van der Waals surface area contributed by atoms with Crippen molar-refractivity contribution in [2.24, 2.45) is 5.41 Å². The van der Waals surface area contributed by atoms with Gasteiger partial charge in [-0.05, 0) is 12.3 Å². The Morgan fingerprint density at radius 2 is 1.83 bits per heavy atom. The number of carbonyl (C=O) groups excluding carboxylic acids is 1. The number of hydrogen-bond donors (Lipinski definition) is 0. The Kier molecular flexibility index (Phi) is 4.14. The second-order valence-electron chi connectivity index (χ2n) is 3.62. The summed E-state index contributed by atoms with van der Waals surface area (Å²) in [6, 6.07) is 0. The molecule has 0 aromatic carbocycles. The summed E-state index contributed by atoms with van der Waals surface area (Å²) in [4.78, 5) is 10.8. The molecular formula is C7H13Cl2NO2. The van der Waals surface area contributed by atoms with E-state index in [2.05, 4.69) is 0 Å². The summed E-state index contributed by atoms with van der Waals surface area (Å²) in [7, 11) is 0. The molecule has 0 spiro atoms. The molecule has 72 valence electrons. The van der Waals surface area contributed by atoms with Gasteiger partial charge in [-0.15, -0.1) is 3.94 Å². The number of rotatable bonds is 1. The van der Waals surface area contributed by atoms with Crippen molar-refractivity contribution in [3.8, 4) is 0 Å². The number of ether oxygens (including phenoxy) is 1. The molecule has 3 nitrogen and oxygen atoms in total. The van der Waals surface area contributed by atoms with Crippen molar-refractivity contribution in [2.45, 2.75) is 33.8 Å². The van der Waals surface area contributed by atoms with Crippen molar-refractivity contribution in [3.05, 3.63) is 0 Å². The first-order valence-corrected chi connectivity index (χ1v) is 4.25. The SMILES string of the molecule is CC(OC(=O)N(Cl)Cl)C(C)(C)C. The first-order chi connectivity index (χ1) is 5.25. The van der Waals surface area contributed by atoms with Gasteiger partial charge in [-0.1, -0.05) is 20.8 Å². The lowest BCUT2D eigenvalue weighted by Gasteiger charge is -2.26. The van der Waals surface area contributed by atoms with Gasteiger partial charge in [0.25, 0.3) is 0 Å². The molecule has 0 N–H and O–H groups in total. The van der Waals surface area contributed by atoms with Crippen LogP contribution < -0.4 is 0 Å². The highest BCUT2D eigenvalue weighted by molar-refractivity contribution is 6.40. The molecule has 0 aliphatic rings. The maximum absolute atomic E-state index is 10.8. The van der Waals surface area contributed by atoms with E-state index in [1.54, 1.807) is 6.92 Å². The zero-order chi connectivity index (χ0) is 9.94. The van der Waals surface area contributed by atoms with Crippen LogP contribution >= 0.6 is 23.6 Å². The molecule has 0 radical (unpaired) electrons. The van der Waals surface area contributed by atoms with E-state index >= 15 is 0 Å². The van der Waals surface area contributed by atoms with Crippen molar-refractivity contribution < 1.29 is 9.53 Å². The molecule has 0 aromatic rings. The molecule has 5 heteroatoms. The van der Waals surface area contributed by atoms with Gasteiger partial charge in [-0.25, -0.2) is 4.79 Å². The van der Waals surface area contributed by atoms with Crippen molar-refractivity contribution in [3.63, 3.8) is 0 Å². The maximum Gasteiger partial charge on any atom is 0.440 e. The molecule has 12 heavy (non-hydrogen) atoms. The molecule has 1 amide bonds. The van der Waals surface area contributed by atoms with Crippen LogP contribution in [0, 0.1) is 5.41 Å². The molecule has 0 fully saturated rings. The third-order valence-corrected chi connectivity index (χ3v) is 1.91. The molecular weight excluding hydrogens is 201 g/mol. The van der Waals surface area contributed by atoms with Crippen LogP contribution in [-0.2, 0) is 4.74 Å². The van der Waals surface area contributed by atoms with E-state index in [0.717, 1.165) is 0 Å². The Balaban J connectivity index is 4.02. The molecule has 0 bridgehead atoms. The van der Waals surface area contributed by atoms with Gasteiger partial charge in [0.05, 0.1) is 0 Å². The number of amides is 1. The van der Waals surface area contributed by atoms with E-state index in [9.17, 15) is 4.79 Å². The van der Waals surface area contributed by atoms with Crippen LogP contribution in [0.5, 0.6) is 0 Å². The van der Waals surface area contributed by atoms with Crippen molar-refractivity contribution in [1.29, 1.82) is 0 Å². The van der Waals surface area contributed by atoms with Crippen LogP contribution in [0.15, 0.2) is 0 Å². The van der Waals surface area contributed by atoms with Gasteiger partial charge in [-0.2, -0.15) is 0 Å². The van der Waals surface area contributed by atoms with Crippen molar-refractivity contribution in [1.82, 2.24) is 3.94 Å². The second kappa shape index (κ2) is 4.19. The first kappa shape index (κ1) is 11.8. The van der Waals surface area contributed by atoms with Crippen molar-refractivity contribution >= 4 is 29.6 Å². The third-order valence-electron chi connectivity index (χ3n) is 1.64. The van der Waals surface area contributed by atoms with Crippen LogP contribution in [0.3, 0.4) is 0 Å². The standard InChI is InChI=1S/C7H13Cl2NO2/c1-5(7(2,3)4)12-6(11)10(8)9/h5H,1-4H3. The smallest absolute Gasteiger partial charge is 0.440 e. The van der Waals surface area contributed by atoms with Crippen LogP contribution in [-0.4, -0.2) is 16.1 Å². The Bertz CT molecular complexity index is 165. The minimum atomic E-state index is -0.749. The largest absolute Gasteiger partial charge is 0.444 e. The van der Waals surface area contributed by atoms with Gasteiger partial charge in [0.15, 0.2) is 0 Å². The summed E-state index contributed by atoms with van der Waals surface area (Å²) >= 11 is 10.3. The number of hydrogen-bond acceptors (Lipinski definition) is 2. The lowest BCUT2D eigenvalue weighted by Crippen LogP contribution is -2.30. The van der Waals surface area contributed by atoms with Crippen LogP contribution in [0.4, 0.5) is 4.79 Å². The lowest BCUT2D eigenvalue weighted by molar-refractivity contribution is 0.0398. The Hall–Kier alpha value is -0.150. The van der Waals surface area contributed by atoms with Gasteiger partial charge in [0.2, 0.25) is 0 Å². The minimum Gasteiger partial charge on any atom is -0.444 e. The second-order valence-corrected chi connectivity index (χ2v) is 4.47. The third kappa shape index (κ3) is 4.02. The summed E-state index contributed by atoms with van der Waals surface area (Å²) in [5.41, 5.74) is -0.112. The lowest BCUT2D eigenvalue weighted by atomic mass is 9.90. The molecule has 0 aliphatic heterocycles. The zero-order valence-corrected chi connectivity index (χ0v) is 9.11. The van der Waals surface area contributed by atoms with Gasteiger partial charge in [-0.3, -0.25) is 0 Å². The molecule has 1 atom stereocenters. The van der Waals surface area contributed by atoms with E-state index in [4.69, 9.17) is 28.3 Å². The fraction of sp³-hybridized carbons (Fsp3) is 0.857. The molecule has 0 aliphatic carbocycles. The maximum atomic E-state index is 10.8. The minimum absolute atomic E-state index is 0.112. The normalized spacial score (nSPS) is 13.8. The predicted molar refractivity (Wildman–Crippen MR) is 48.9 cm³/mol. The van der Waals surface area contributed by atoms with E-state index in [-0.39, 0.29) is 11.5 Å². The van der Waals surface area contributed by atoms with Crippen LogP contribution in [0.2, 0.25) is 0 Å². The van der Waals surface area contributed by atoms with E-state index in [0.29, 0.717) is 3.94 Å². The topological polar surface area (TPSA) is 29.5 Å². The van der Waals surface area contributed by atoms with E-state index in [1.165, 1.54) is 0 Å². The molecule has 0 saturated carbocycles. The number of halogens is 2. The average Bonchev–Trinajstić information content (AvgIpc) is 1.85. The molecule has 0 heterocycles. The van der Waals surface area contributed by atoms with E-state index < -0.39 is 6.09 Å². The summed E-state index contributed by atoms with van der Waals surface area (Å²) in [6.07, 6.45) is -0.981. The Morgan fingerprint density at radius 3 is 2.08 bits per heavy atom. The molecule has 0 saturated heterocycles. The van der Waals surface area contributed by atoms with Gasteiger partial charge < -0.3 is 4.74 Å². The van der Waals surface area contributed by atoms with Crippen molar-refractivity contribution in [2.75, 3.05) is 0 Å². The van der Waals surface area contributed by atoms with E-state index in [1.807, 2.05) is 20.8 Å². The predicted octanol–water partition coefficient (Wildman–Crippen LogP) is 3.17. The summed E-state index contributed by atoms with van der Waals surface area (Å²) in [5.74, 6) is 0. The average molecular weight is 214 g/mol. The Labute approximate surface area is 82.8 Å². The van der Waals surface area contributed by atoms with Gasteiger partial charge in [0, 0.05) is 23.6 Å². The number of nitrogens with zero attached hydrogens (tertiary/aromatic N) is 1. The monoisotopic (exact) mass is 213 g/mol.